The number of hydrogen-bond acceptors (Lipinski definition) is 9. The van der Waals surface area contributed by atoms with E-state index in [1.54, 1.807) is 12.5 Å². The van der Waals surface area contributed by atoms with Crippen molar-refractivity contribution in [3.8, 4) is 0 Å². The van der Waals surface area contributed by atoms with Gasteiger partial charge < -0.3 is 15.3 Å². The SMILES string of the molecule is C[S@](=O)c1cnc(N2CCC(c3ncc(SC(F)(F)F)cn3)CC2)nc1NC1(CO)CCC1. The molecular weight excluding hydrogens is 477 g/mol. The number of halogens is 3. The fourth-order valence-corrected chi connectivity index (χ4v) is 5.10. The molecule has 0 bridgehead atoms. The van der Waals surface area contributed by atoms with Gasteiger partial charge in [0.1, 0.15) is 11.6 Å². The van der Waals surface area contributed by atoms with Gasteiger partial charge in [-0.1, -0.05) is 0 Å². The first kappa shape index (κ1) is 24.1. The van der Waals surface area contributed by atoms with Crippen LogP contribution >= 0.6 is 11.8 Å². The lowest BCUT2D eigenvalue weighted by Crippen LogP contribution is -2.48. The molecule has 8 nitrogen and oxygen atoms in total. The van der Waals surface area contributed by atoms with Crippen molar-refractivity contribution in [2.24, 2.45) is 0 Å². The Kier molecular flexibility index (Phi) is 7.10. The van der Waals surface area contributed by atoms with Crippen LogP contribution in [0.5, 0.6) is 0 Å². The van der Waals surface area contributed by atoms with E-state index in [1.165, 1.54) is 12.4 Å². The second-order valence-electron chi connectivity index (χ2n) is 8.34. The minimum atomic E-state index is -4.36. The van der Waals surface area contributed by atoms with Crippen molar-refractivity contribution in [1.29, 1.82) is 0 Å². The zero-order valence-electron chi connectivity index (χ0n) is 18.0. The molecule has 4 rings (SSSR count). The number of aliphatic hydroxyl groups is 1. The number of nitrogens with zero attached hydrogens (tertiary/aromatic N) is 5. The molecular formula is C20H25F3N6O2S2. The molecule has 0 aromatic carbocycles. The largest absolute Gasteiger partial charge is 0.446 e. The fourth-order valence-electron chi connectivity index (χ4n) is 4.05. The van der Waals surface area contributed by atoms with Crippen LogP contribution in [0.25, 0.3) is 0 Å². The highest BCUT2D eigenvalue weighted by Crippen LogP contribution is 2.38. The van der Waals surface area contributed by atoms with Gasteiger partial charge in [-0.05, 0) is 43.9 Å². The summed E-state index contributed by atoms with van der Waals surface area (Å²) in [6, 6.07) is 0. The monoisotopic (exact) mass is 502 g/mol. The zero-order chi connectivity index (χ0) is 23.6. The minimum absolute atomic E-state index is 0.0201. The predicted molar refractivity (Wildman–Crippen MR) is 120 cm³/mol. The summed E-state index contributed by atoms with van der Waals surface area (Å²) in [7, 11) is -1.28. The summed E-state index contributed by atoms with van der Waals surface area (Å²) >= 11 is -0.224. The third-order valence-corrected chi connectivity index (χ3v) is 7.67. The molecule has 3 heterocycles. The van der Waals surface area contributed by atoms with Gasteiger partial charge in [0.15, 0.2) is 0 Å². The number of piperidine rings is 1. The number of anilines is 2. The molecule has 2 fully saturated rings. The number of aromatic nitrogens is 4. The van der Waals surface area contributed by atoms with Gasteiger partial charge in [0.2, 0.25) is 5.95 Å². The van der Waals surface area contributed by atoms with Crippen molar-refractivity contribution in [2.45, 2.75) is 58.9 Å². The number of hydrogen-bond donors (Lipinski definition) is 2. The maximum atomic E-state index is 12.5. The van der Waals surface area contributed by atoms with E-state index in [2.05, 4.69) is 25.3 Å². The highest BCUT2D eigenvalue weighted by molar-refractivity contribution is 8.00. The maximum Gasteiger partial charge on any atom is 0.446 e. The molecule has 33 heavy (non-hydrogen) atoms. The van der Waals surface area contributed by atoms with Crippen molar-refractivity contribution < 1.29 is 22.5 Å². The zero-order valence-corrected chi connectivity index (χ0v) is 19.6. The molecule has 1 aliphatic heterocycles. The third kappa shape index (κ3) is 5.75. The standard InChI is InChI=1S/C20H25F3N6O2S2/c1-33(31)15-11-26-18(27-17(15)28-19(12-30)5-2-6-19)29-7-3-13(4-8-29)16-24-9-14(10-25-16)32-20(21,22)23/h9-11,13,30H,2-8,12H2,1H3,(H,26,27,28)/t33-/m0/s1. The molecule has 0 spiro atoms. The van der Waals surface area contributed by atoms with Gasteiger partial charge in [-0.2, -0.15) is 18.2 Å². The summed E-state index contributed by atoms with van der Waals surface area (Å²) in [4.78, 5) is 19.8. The first-order chi connectivity index (χ1) is 15.7. The van der Waals surface area contributed by atoms with Crippen LogP contribution in [0.1, 0.15) is 43.8 Å². The first-order valence-corrected chi connectivity index (χ1v) is 13.0. The van der Waals surface area contributed by atoms with Gasteiger partial charge in [0.25, 0.3) is 0 Å². The molecule has 2 N–H and O–H groups in total. The van der Waals surface area contributed by atoms with Gasteiger partial charge in [-0.15, -0.1) is 0 Å². The molecule has 180 valence electrons. The lowest BCUT2D eigenvalue weighted by molar-refractivity contribution is -0.0328. The van der Waals surface area contributed by atoms with Crippen molar-refractivity contribution in [2.75, 3.05) is 36.2 Å². The maximum absolute atomic E-state index is 12.5. The Morgan fingerprint density at radius 1 is 1.21 bits per heavy atom. The van der Waals surface area contributed by atoms with Crippen molar-refractivity contribution >= 4 is 34.3 Å². The molecule has 2 aliphatic rings. The van der Waals surface area contributed by atoms with Crippen molar-refractivity contribution in [3.63, 3.8) is 0 Å². The molecule has 13 heteroatoms. The van der Waals surface area contributed by atoms with E-state index in [9.17, 15) is 22.5 Å². The van der Waals surface area contributed by atoms with Gasteiger partial charge in [-0.25, -0.2) is 15.0 Å². The Balaban J connectivity index is 1.43. The van der Waals surface area contributed by atoms with E-state index >= 15 is 0 Å². The molecule has 2 aromatic heterocycles. The molecule has 1 atom stereocenters. The number of aliphatic hydroxyl groups excluding tert-OH is 1. The second kappa shape index (κ2) is 9.71. The highest BCUT2D eigenvalue weighted by atomic mass is 32.2. The summed E-state index contributed by atoms with van der Waals surface area (Å²) in [5.41, 5.74) is -4.79. The van der Waals surface area contributed by atoms with Gasteiger partial charge in [0.05, 0.1) is 38.9 Å². The molecule has 2 aromatic rings. The Hall–Kier alpha value is -1.99. The Morgan fingerprint density at radius 3 is 2.39 bits per heavy atom. The van der Waals surface area contributed by atoms with E-state index in [0.717, 1.165) is 19.3 Å². The lowest BCUT2D eigenvalue weighted by Gasteiger charge is -2.41. The van der Waals surface area contributed by atoms with E-state index in [4.69, 9.17) is 0 Å². The molecule has 0 amide bonds. The summed E-state index contributed by atoms with van der Waals surface area (Å²) in [6.45, 7) is 1.24. The van der Waals surface area contributed by atoms with E-state index < -0.39 is 21.8 Å². The van der Waals surface area contributed by atoms with Gasteiger partial charge in [0, 0.05) is 37.7 Å². The van der Waals surface area contributed by atoms with Crippen LogP contribution in [0.3, 0.4) is 0 Å². The Morgan fingerprint density at radius 2 is 1.88 bits per heavy atom. The summed E-state index contributed by atoms with van der Waals surface area (Å²) in [5, 5.41) is 13.1. The number of alkyl halides is 3. The minimum Gasteiger partial charge on any atom is -0.394 e. The lowest BCUT2D eigenvalue weighted by atomic mass is 9.77. The highest BCUT2D eigenvalue weighted by Gasteiger charge is 2.37. The third-order valence-electron chi connectivity index (χ3n) is 6.07. The quantitative estimate of drug-likeness (QED) is 0.552. The molecule has 1 saturated heterocycles. The summed E-state index contributed by atoms with van der Waals surface area (Å²) in [6.07, 6.45) is 9.65. The molecule has 0 radical (unpaired) electrons. The van der Waals surface area contributed by atoms with Crippen molar-refractivity contribution in [3.05, 3.63) is 24.4 Å². The van der Waals surface area contributed by atoms with Crippen LogP contribution in [-0.2, 0) is 10.8 Å². The molecule has 0 unspecified atom stereocenters. The van der Waals surface area contributed by atoms with Crippen LogP contribution in [0.15, 0.2) is 28.4 Å². The fraction of sp³-hybridized carbons (Fsp3) is 0.600. The summed E-state index contributed by atoms with van der Waals surface area (Å²) in [5.74, 6) is 1.57. The van der Waals surface area contributed by atoms with Crippen LogP contribution < -0.4 is 10.2 Å². The van der Waals surface area contributed by atoms with Crippen LogP contribution in [0.4, 0.5) is 24.9 Å². The number of thioether (sulfide) groups is 1. The normalized spacial score (nSPS) is 19.7. The van der Waals surface area contributed by atoms with Crippen LogP contribution in [-0.4, -0.2) is 66.3 Å². The topological polar surface area (TPSA) is 104 Å². The average Bonchev–Trinajstić information content (AvgIpc) is 2.75. The van der Waals surface area contributed by atoms with Crippen LogP contribution in [0.2, 0.25) is 0 Å². The first-order valence-electron chi connectivity index (χ1n) is 10.6. The van der Waals surface area contributed by atoms with E-state index in [-0.39, 0.29) is 29.2 Å². The second-order valence-corrected chi connectivity index (χ2v) is 10.8. The molecule has 1 saturated carbocycles. The van der Waals surface area contributed by atoms with Gasteiger partial charge in [-0.3, -0.25) is 4.21 Å². The average molecular weight is 503 g/mol. The van der Waals surface area contributed by atoms with E-state index in [0.29, 0.717) is 48.4 Å². The number of nitrogens with one attached hydrogen (secondary N) is 1. The number of rotatable bonds is 7. The van der Waals surface area contributed by atoms with Crippen molar-refractivity contribution in [1.82, 2.24) is 19.9 Å². The smallest absolute Gasteiger partial charge is 0.394 e. The van der Waals surface area contributed by atoms with Crippen LogP contribution in [0, 0.1) is 0 Å². The summed E-state index contributed by atoms with van der Waals surface area (Å²) < 4.78 is 49.6. The van der Waals surface area contributed by atoms with Gasteiger partial charge >= 0.3 is 5.51 Å². The Labute approximate surface area is 196 Å². The van der Waals surface area contributed by atoms with E-state index in [1.807, 2.05) is 4.90 Å². The predicted octanol–water partition coefficient (Wildman–Crippen LogP) is 3.33. The molecule has 1 aliphatic carbocycles. The Bertz CT molecular complexity index is 991.